The van der Waals surface area contributed by atoms with Gasteiger partial charge in [-0.2, -0.15) is 0 Å². The lowest BCUT2D eigenvalue weighted by molar-refractivity contribution is 0.111. The molecule has 0 atom stereocenters. The molecule has 1 saturated heterocycles. The molecule has 1 aliphatic heterocycles. The van der Waals surface area contributed by atoms with E-state index in [1.165, 1.54) is 48.8 Å². The van der Waals surface area contributed by atoms with Crippen LogP contribution in [0, 0.1) is 0 Å². The first kappa shape index (κ1) is 15.0. The van der Waals surface area contributed by atoms with Crippen molar-refractivity contribution in [3.63, 3.8) is 0 Å². The van der Waals surface area contributed by atoms with Crippen LogP contribution in [0.1, 0.15) is 29.8 Å². The van der Waals surface area contributed by atoms with Crippen molar-refractivity contribution in [2.45, 2.75) is 19.3 Å². The maximum Gasteiger partial charge on any atom is 0.166 e. The molecule has 0 amide bonds. The summed E-state index contributed by atoms with van der Waals surface area (Å²) in [6.45, 7) is 2.34. The number of benzene rings is 2. The molecule has 0 aliphatic carbocycles. The van der Waals surface area contributed by atoms with Gasteiger partial charge < -0.3 is 9.47 Å². The van der Waals surface area contributed by atoms with Crippen molar-refractivity contribution >= 4 is 22.7 Å². The normalized spacial score (nSPS) is 15.0. The van der Waals surface area contributed by atoms with Crippen LogP contribution in [0.25, 0.3) is 22.0 Å². The number of aldehydes is 1. The van der Waals surface area contributed by atoms with E-state index in [9.17, 15) is 4.79 Å². The van der Waals surface area contributed by atoms with Crippen LogP contribution in [0.4, 0.5) is 5.69 Å². The molecule has 3 nitrogen and oxygen atoms in total. The van der Waals surface area contributed by atoms with Crippen LogP contribution in [-0.4, -0.2) is 23.9 Å². The molecule has 0 saturated carbocycles. The van der Waals surface area contributed by atoms with E-state index in [1.54, 1.807) is 0 Å². The van der Waals surface area contributed by atoms with Crippen LogP contribution >= 0.6 is 0 Å². The van der Waals surface area contributed by atoms with Crippen LogP contribution in [0.15, 0.2) is 48.5 Å². The monoisotopic (exact) mass is 318 g/mol. The highest BCUT2D eigenvalue weighted by Crippen LogP contribution is 2.29. The topological polar surface area (TPSA) is 25.2 Å². The van der Waals surface area contributed by atoms with E-state index in [2.05, 4.69) is 41.3 Å². The molecule has 122 valence electrons. The van der Waals surface area contributed by atoms with Gasteiger partial charge in [0.05, 0.1) is 5.69 Å². The Hall–Kier alpha value is -2.55. The Kier molecular flexibility index (Phi) is 3.85. The molecule has 1 aromatic heterocycles. The van der Waals surface area contributed by atoms with Gasteiger partial charge in [-0.25, -0.2) is 0 Å². The average Bonchev–Trinajstić information content (AvgIpc) is 3.02. The molecule has 0 unspecified atom stereocenters. The third-order valence-electron chi connectivity index (χ3n) is 5.12. The summed E-state index contributed by atoms with van der Waals surface area (Å²) < 4.78 is 1.94. The van der Waals surface area contributed by atoms with Gasteiger partial charge in [0.2, 0.25) is 0 Å². The summed E-state index contributed by atoms with van der Waals surface area (Å²) in [6, 6.07) is 17.2. The lowest BCUT2D eigenvalue weighted by Gasteiger charge is -2.29. The maximum absolute atomic E-state index is 11.0. The van der Waals surface area contributed by atoms with Crippen molar-refractivity contribution in [3.8, 4) is 11.3 Å². The first-order chi connectivity index (χ1) is 11.8. The minimum absolute atomic E-state index is 0.700. The molecule has 0 N–H and O–H groups in total. The third kappa shape index (κ3) is 2.60. The minimum Gasteiger partial charge on any atom is -0.372 e. The van der Waals surface area contributed by atoms with Gasteiger partial charge >= 0.3 is 0 Å². The van der Waals surface area contributed by atoms with Gasteiger partial charge in [-0.3, -0.25) is 4.79 Å². The zero-order valence-electron chi connectivity index (χ0n) is 14.0. The Morgan fingerprint density at radius 1 is 0.875 bits per heavy atom. The number of anilines is 1. The van der Waals surface area contributed by atoms with Crippen LogP contribution in [0.2, 0.25) is 0 Å². The number of carbonyl (C=O) groups is 1. The number of hydrogen-bond acceptors (Lipinski definition) is 2. The average molecular weight is 318 g/mol. The van der Waals surface area contributed by atoms with E-state index >= 15 is 0 Å². The maximum atomic E-state index is 11.0. The summed E-state index contributed by atoms with van der Waals surface area (Å²) in [5, 5.41) is 2.51. The highest BCUT2D eigenvalue weighted by atomic mass is 16.1. The lowest BCUT2D eigenvalue weighted by Crippen LogP contribution is -2.29. The number of carbonyl (C=O) groups excluding carboxylic acids is 1. The third-order valence-corrected chi connectivity index (χ3v) is 5.12. The summed E-state index contributed by atoms with van der Waals surface area (Å²) >= 11 is 0. The molecule has 3 heteroatoms. The number of piperidine rings is 1. The van der Waals surface area contributed by atoms with Crippen LogP contribution < -0.4 is 4.90 Å². The van der Waals surface area contributed by atoms with Crippen molar-refractivity contribution in [1.82, 2.24) is 4.57 Å². The van der Waals surface area contributed by atoms with Crippen molar-refractivity contribution in [2.24, 2.45) is 7.05 Å². The number of rotatable bonds is 3. The van der Waals surface area contributed by atoms with Crippen molar-refractivity contribution in [1.29, 1.82) is 0 Å². The Bertz CT molecular complexity index is 888. The molecule has 3 aromatic rings. The van der Waals surface area contributed by atoms with E-state index in [0.29, 0.717) is 5.69 Å². The predicted molar refractivity (Wildman–Crippen MR) is 99.8 cm³/mol. The lowest BCUT2D eigenvalue weighted by atomic mass is 10.0. The molecular formula is C21H22N2O. The van der Waals surface area contributed by atoms with Crippen molar-refractivity contribution in [2.75, 3.05) is 18.0 Å². The summed E-state index contributed by atoms with van der Waals surface area (Å²) in [6.07, 6.45) is 4.84. The van der Waals surface area contributed by atoms with Gasteiger partial charge in [-0.1, -0.05) is 18.2 Å². The van der Waals surface area contributed by atoms with E-state index < -0.39 is 0 Å². The zero-order chi connectivity index (χ0) is 16.5. The highest BCUT2D eigenvalue weighted by molar-refractivity contribution is 5.90. The molecule has 1 fully saturated rings. The Balaban J connectivity index is 1.71. The summed E-state index contributed by atoms with van der Waals surface area (Å²) in [7, 11) is 1.93. The molecule has 0 bridgehead atoms. The van der Waals surface area contributed by atoms with Crippen LogP contribution in [-0.2, 0) is 7.05 Å². The fraction of sp³-hybridized carbons (Fsp3) is 0.286. The fourth-order valence-electron chi connectivity index (χ4n) is 3.68. The largest absolute Gasteiger partial charge is 0.372 e. The molecule has 0 radical (unpaired) electrons. The fourth-order valence-corrected chi connectivity index (χ4v) is 3.68. The van der Waals surface area contributed by atoms with Gasteiger partial charge in [0.15, 0.2) is 6.29 Å². The number of hydrogen-bond donors (Lipinski definition) is 0. The second-order valence-corrected chi connectivity index (χ2v) is 6.61. The quantitative estimate of drug-likeness (QED) is 0.657. The standard InChI is InChI=1S/C21H22N2O/c1-22-20(15-24)9-10-21(22)18-6-5-17-14-19(8-7-16(17)13-18)23-11-3-2-4-12-23/h5-10,13-15H,2-4,11-12H2,1H3. The van der Waals surface area contributed by atoms with E-state index in [-0.39, 0.29) is 0 Å². The number of aromatic nitrogens is 1. The molecular weight excluding hydrogens is 296 g/mol. The highest BCUT2D eigenvalue weighted by Gasteiger charge is 2.12. The van der Waals surface area contributed by atoms with Crippen molar-refractivity contribution in [3.05, 3.63) is 54.2 Å². The molecule has 24 heavy (non-hydrogen) atoms. The second kappa shape index (κ2) is 6.16. The van der Waals surface area contributed by atoms with Gasteiger partial charge in [-0.15, -0.1) is 0 Å². The Morgan fingerprint density at radius 3 is 2.38 bits per heavy atom. The number of nitrogens with zero attached hydrogens (tertiary/aromatic N) is 2. The first-order valence-corrected chi connectivity index (χ1v) is 8.66. The van der Waals surface area contributed by atoms with Gasteiger partial charge in [0.1, 0.15) is 0 Å². The van der Waals surface area contributed by atoms with Crippen LogP contribution in [0.3, 0.4) is 0 Å². The summed E-state index contributed by atoms with van der Waals surface area (Å²) in [5.74, 6) is 0. The molecule has 2 heterocycles. The minimum atomic E-state index is 0.700. The molecule has 1 aliphatic rings. The van der Waals surface area contributed by atoms with Gasteiger partial charge in [-0.05, 0) is 65.9 Å². The predicted octanol–water partition coefficient (Wildman–Crippen LogP) is 4.65. The van der Waals surface area contributed by atoms with Gasteiger partial charge in [0, 0.05) is 31.5 Å². The SMILES string of the molecule is Cn1c(C=O)ccc1-c1ccc2cc(N3CCCCC3)ccc2c1. The summed E-state index contributed by atoms with van der Waals surface area (Å²) in [4.78, 5) is 13.5. The molecule has 0 spiro atoms. The molecule has 4 rings (SSSR count). The first-order valence-electron chi connectivity index (χ1n) is 8.66. The Morgan fingerprint density at radius 2 is 1.62 bits per heavy atom. The number of fused-ring (bicyclic) bond motifs is 1. The van der Waals surface area contributed by atoms with E-state index in [0.717, 1.165) is 17.5 Å². The smallest absolute Gasteiger partial charge is 0.166 e. The van der Waals surface area contributed by atoms with Crippen molar-refractivity contribution < 1.29 is 4.79 Å². The van der Waals surface area contributed by atoms with E-state index in [1.807, 2.05) is 23.7 Å². The van der Waals surface area contributed by atoms with Gasteiger partial charge in [0.25, 0.3) is 0 Å². The van der Waals surface area contributed by atoms with Crippen LogP contribution in [0.5, 0.6) is 0 Å². The Labute approximate surface area is 142 Å². The zero-order valence-corrected chi connectivity index (χ0v) is 14.0. The molecule has 2 aromatic carbocycles. The summed E-state index contributed by atoms with van der Waals surface area (Å²) in [5.41, 5.74) is 4.24. The second-order valence-electron chi connectivity index (χ2n) is 6.61. The van der Waals surface area contributed by atoms with E-state index in [4.69, 9.17) is 0 Å².